The van der Waals surface area contributed by atoms with E-state index in [-0.39, 0.29) is 47.5 Å². The number of hydrogen-bond donors (Lipinski definition) is 3. The summed E-state index contributed by atoms with van der Waals surface area (Å²) < 4.78 is 0. The summed E-state index contributed by atoms with van der Waals surface area (Å²) in [6, 6.07) is 11.5. The highest BCUT2D eigenvalue weighted by atomic mass is 35.5. The number of carbonyl (C=O) groups excluding carboxylic acids is 6. The second kappa shape index (κ2) is 19.4. The molecule has 15 heteroatoms. The Hall–Kier alpha value is -5.21. The van der Waals surface area contributed by atoms with Crippen LogP contribution in [0.1, 0.15) is 146 Å². The van der Waals surface area contributed by atoms with Crippen LogP contribution in [-0.4, -0.2) is 99.0 Å². The van der Waals surface area contributed by atoms with Crippen molar-refractivity contribution in [3.05, 3.63) is 81.8 Å². The van der Waals surface area contributed by atoms with Crippen molar-refractivity contribution in [3.63, 3.8) is 0 Å². The molecule has 4 heterocycles. The van der Waals surface area contributed by atoms with Gasteiger partial charge >= 0.3 is 0 Å². The zero-order chi connectivity index (χ0) is 42.3. The largest absolute Gasteiger partial charge is 0.387 e. The summed E-state index contributed by atoms with van der Waals surface area (Å²) >= 11 is 6.20. The lowest BCUT2D eigenvalue weighted by Gasteiger charge is -2.38. The van der Waals surface area contributed by atoms with Crippen LogP contribution in [0.25, 0.3) is 0 Å². The van der Waals surface area contributed by atoms with E-state index < -0.39 is 35.8 Å². The first-order chi connectivity index (χ1) is 29.0. The number of nitrogens with one attached hydrogen (secondary N) is 2. The topological polar surface area (TPSA) is 182 Å². The summed E-state index contributed by atoms with van der Waals surface area (Å²) in [5.74, 6) is -1.07. The quantitative estimate of drug-likeness (QED) is 0.0997. The van der Waals surface area contributed by atoms with Gasteiger partial charge in [-0.1, -0.05) is 62.4 Å². The SMILES string of the molecule is C[C@@H]1C[C@@H](O)c2ncnc(N3CCN(C(=O)[C@H](CCCCC(=O)CCCCCCCNc4cccc5c4C(=O)N(C4CCC(=O)NC4=O)C5=O)c4ccc(Cl)cc4)CC3)c21. The van der Waals surface area contributed by atoms with Crippen molar-refractivity contribution in [2.75, 3.05) is 42.9 Å². The number of piperidine rings is 1. The standard InChI is InChI=1S/C45H54ClN7O7/c1-28-26-36(55)40-38(28)41(49-27-48-40)51-22-24-52(25-23-51)43(58)32(29-15-17-30(46)18-16-29)12-7-6-11-31(54)10-5-3-2-4-8-21-47-34-14-9-13-33-39(34)45(60)53(44(33)59)35-19-20-37(56)50-42(35)57/h9,13-18,27-28,32,35-36,47,55H,2-8,10-12,19-26H2,1H3,(H,50,56,57)/t28-,32-,35?,36-/m1/s1. The molecule has 2 saturated heterocycles. The molecule has 3 aliphatic heterocycles. The Bertz CT molecular complexity index is 2110. The number of aromatic nitrogens is 2. The number of aliphatic hydroxyl groups excluding tert-OH is 1. The van der Waals surface area contributed by atoms with Gasteiger partial charge in [-0.2, -0.15) is 0 Å². The molecule has 318 valence electrons. The van der Waals surface area contributed by atoms with E-state index in [9.17, 15) is 33.9 Å². The van der Waals surface area contributed by atoms with Gasteiger partial charge < -0.3 is 20.2 Å². The zero-order valence-corrected chi connectivity index (χ0v) is 34.9. The predicted octanol–water partition coefficient (Wildman–Crippen LogP) is 6.09. The number of aliphatic hydroxyl groups is 1. The van der Waals surface area contributed by atoms with E-state index in [1.165, 1.54) is 6.33 Å². The van der Waals surface area contributed by atoms with Gasteiger partial charge in [-0.05, 0) is 74.3 Å². The molecule has 1 unspecified atom stereocenters. The van der Waals surface area contributed by atoms with Crippen LogP contribution in [0, 0.1) is 0 Å². The molecule has 2 fully saturated rings. The number of rotatable bonds is 18. The van der Waals surface area contributed by atoms with Gasteiger partial charge in [-0.15, -0.1) is 0 Å². The van der Waals surface area contributed by atoms with E-state index in [2.05, 4.69) is 32.4 Å². The van der Waals surface area contributed by atoms with Crippen LogP contribution >= 0.6 is 11.6 Å². The molecule has 0 spiro atoms. The molecule has 0 saturated carbocycles. The Labute approximate surface area is 355 Å². The zero-order valence-electron chi connectivity index (χ0n) is 34.2. The maximum absolute atomic E-state index is 14.0. The third-order valence-corrected chi connectivity index (χ3v) is 12.6. The van der Waals surface area contributed by atoms with Crippen LogP contribution in [0.2, 0.25) is 5.02 Å². The number of benzene rings is 2. The molecular formula is C45H54ClN7O7. The summed E-state index contributed by atoms with van der Waals surface area (Å²) in [7, 11) is 0. The van der Waals surface area contributed by atoms with Crippen molar-refractivity contribution in [1.29, 1.82) is 0 Å². The summed E-state index contributed by atoms with van der Waals surface area (Å²) in [6.07, 6.45) is 9.41. The normalized spacial score (nSPS) is 20.6. The fourth-order valence-electron chi connectivity index (χ4n) is 9.10. The van der Waals surface area contributed by atoms with E-state index in [0.29, 0.717) is 74.8 Å². The molecule has 1 aromatic heterocycles. The first kappa shape index (κ1) is 42.9. The molecular weight excluding hydrogens is 786 g/mol. The maximum Gasteiger partial charge on any atom is 0.264 e. The highest BCUT2D eigenvalue weighted by molar-refractivity contribution is 6.30. The minimum atomic E-state index is -1.00. The molecule has 1 aliphatic carbocycles. The lowest BCUT2D eigenvalue weighted by molar-refractivity contribution is -0.136. The number of carbonyl (C=O) groups is 6. The molecule has 7 rings (SSSR count). The van der Waals surface area contributed by atoms with Gasteiger partial charge in [0.1, 0.15) is 24.0 Å². The molecule has 0 bridgehead atoms. The Morgan fingerprint density at radius 3 is 2.37 bits per heavy atom. The van der Waals surface area contributed by atoms with Crippen LogP contribution in [0.5, 0.6) is 0 Å². The highest BCUT2D eigenvalue weighted by Crippen LogP contribution is 2.43. The average Bonchev–Trinajstić information content (AvgIpc) is 3.68. The van der Waals surface area contributed by atoms with Crippen LogP contribution in [0.15, 0.2) is 48.8 Å². The fraction of sp³-hybridized carbons (Fsp3) is 0.511. The Morgan fingerprint density at radius 2 is 1.62 bits per heavy atom. The van der Waals surface area contributed by atoms with Crippen LogP contribution in [-0.2, 0) is 19.2 Å². The molecule has 2 aromatic carbocycles. The van der Waals surface area contributed by atoms with Crippen LogP contribution in [0.3, 0.4) is 0 Å². The number of nitrogens with zero attached hydrogens (tertiary/aromatic N) is 5. The smallest absolute Gasteiger partial charge is 0.264 e. The van der Waals surface area contributed by atoms with Crippen molar-refractivity contribution in [2.24, 2.45) is 0 Å². The lowest BCUT2D eigenvalue weighted by Crippen LogP contribution is -2.54. The number of halogens is 1. The molecule has 5 amide bonds. The number of anilines is 2. The van der Waals surface area contributed by atoms with Gasteiger partial charge in [0.2, 0.25) is 17.7 Å². The molecule has 0 radical (unpaired) electrons. The number of unbranched alkanes of at least 4 members (excludes halogenated alkanes) is 5. The number of ketones is 1. The number of piperazine rings is 1. The summed E-state index contributed by atoms with van der Waals surface area (Å²) in [5, 5.41) is 16.6. The average molecular weight is 840 g/mol. The fourth-order valence-corrected chi connectivity index (χ4v) is 9.23. The third-order valence-electron chi connectivity index (χ3n) is 12.4. The third kappa shape index (κ3) is 9.55. The summed E-state index contributed by atoms with van der Waals surface area (Å²) in [5.41, 5.74) is 3.71. The van der Waals surface area contributed by atoms with Gasteiger partial charge in [-0.3, -0.25) is 39.0 Å². The van der Waals surface area contributed by atoms with Crippen molar-refractivity contribution >= 4 is 58.4 Å². The second-order valence-electron chi connectivity index (χ2n) is 16.5. The van der Waals surface area contributed by atoms with Gasteiger partial charge in [-0.25, -0.2) is 9.97 Å². The second-order valence-corrected chi connectivity index (χ2v) is 16.9. The van der Waals surface area contributed by atoms with Gasteiger partial charge in [0.15, 0.2) is 0 Å². The van der Waals surface area contributed by atoms with Crippen molar-refractivity contribution in [3.8, 4) is 0 Å². The van der Waals surface area contributed by atoms with Gasteiger partial charge in [0, 0.05) is 68.3 Å². The Balaban J connectivity index is 0.799. The van der Waals surface area contributed by atoms with E-state index in [1.54, 1.807) is 18.2 Å². The molecule has 60 heavy (non-hydrogen) atoms. The Kier molecular flexibility index (Phi) is 13.9. The number of imide groups is 2. The van der Waals surface area contributed by atoms with Crippen LogP contribution in [0.4, 0.5) is 11.5 Å². The van der Waals surface area contributed by atoms with Crippen LogP contribution < -0.4 is 15.5 Å². The minimum Gasteiger partial charge on any atom is -0.387 e. The van der Waals surface area contributed by atoms with E-state index in [1.807, 2.05) is 29.2 Å². The number of Topliss-reactive ketones (excluding diaryl/α,β-unsaturated/α-hetero) is 1. The van der Waals surface area contributed by atoms with E-state index in [0.717, 1.165) is 66.8 Å². The van der Waals surface area contributed by atoms with Crippen molar-refractivity contribution in [1.82, 2.24) is 25.1 Å². The van der Waals surface area contributed by atoms with Crippen molar-refractivity contribution < 1.29 is 33.9 Å². The first-order valence-electron chi connectivity index (χ1n) is 21.4. The summed E-state index contributed by atoms with van der Waals surface area (Å²) in [6.45, 7) is 5.12. The molecule has 3 aromatic rings. The molecule has 3 N–H and O–H groups in total. The predicted molar refractivity (Wildman–Crippen MR) is 226 cm³/mol. The molecule has 14 nitrogen and oxygen atoms in total. The first-order valence-corrected chi connectivity index (χ1v) is 21.8. The number of amides is 5. The molecule has 4 atom stereocenters. The van der Waals surface area contributed by atoms with E-state index >= 15 is 0 Å². The summed E-state index contributed by atoms with van der Waals surface area (Å²) in [4.78, 5) is 91.3. The van der Waals surface area contributed by atoms with Gasteiger partial charge in [0.25, 0.3) is 11.8 Å². The van der Waals surface area contributed by atoms with Gasteiger partial charge in [0.05, 0.1) is 28.8 Å². The highest BCUT2D eigenvalue weighted by Gasteiger charge is 2.45. The number of fused-ring (bicyclic) bond motifs is 2. The van der Waals surface area contributed by atoms with Crippen molar-refractivity contribution in [2.45, 2.75) is 114 Å². The van der Waals surface area contributed by atoms with E-state index in [4.69, 9.17) is 11.6 Å². The minimum absolute atomic E-state index is 0.0705. The molecule has 4 aliphatic rings. The number of hydrogen-bond acceptors (Lipinski definition) is 11. The maximum atomic E-state index is 14.0. The monoisotopic (exact) mass is 839 g/mol. The Morgan fingerprint density at radius 1 is 0.900 bits per heavy atom. The lowest BCUT2D eigenvalue weighted by atomic mass is 9.91.